The van der Waals surface area contributed by atoms with Gasteiger partial charge in [-0.15, -0.1) is 0 Å². The third kappa shape index (κ3) is 2.31. The summed E-state index contributed by atoms with van der Waals surface area (Å²) in [6.45, 7) is 0. The number of rotatable bonds is 2. The minimum absolute atomic E-state index is 0.0497. The lowest BCUT2D eigenvalue weighted by Gasteiger charge is -2.07. The van der Waals surface area contributed by atoms with Crippen molar-refractivity contribution in [2.45, 2.75) is 0 Å². The summed E-state index contributed by atoms with van der Waals surface area (Å²) in [5.74, 6) is -0.207. The van der Waals surface area contributed by atoms with Gasteiger partial charge in [0.1, 0.15) is 0 Å². The lowest BCUT2D eigenvalue weighted by molar-refractivity contribution is 0.0595. The van der Waals surface area contributed by atoms with Crippen molar-refractivity contribution in [3.8, 4) is 11.4 Å². The molecule has 6 nitrogen and oxygen atoms in total. The zero-order valence-corrected chi connectivity index (χ0v) is 11.9. The number of nitrogens with zero attached hydrogens (tertiary/aromatic N) is 2. The smallest absolute Gasteiger partial charge is 0.358 e. The minimum atomic E-state index is -0.596. The molecule has 1 aromatic heterocycles. The van der Waals surface area contributed by atoms with Gasteiger partial charge < -0.3 is 16.2 Å². The second kappa shape index (κ2) is 5.33. The summed E-state index contributed by atoms with van der Waals surface area (Å²) in [6, 6.07) is 11.4. The van der Waals surface area contributed by atoms with Gasteiger partial charge in [0.2, 0.25) is 0 Å². The third-order valence-corrected chi connectivity index (χ3v) is 3.37. The molecule has 0 fully saturated rings. The van der Waals surface area contributed by atoms with E-state index in [9.17, 15) is 4.79 Å². The first-order valence-electron chi connectivity index (χ1n) is 6.59. The first kappa shape index (κ1) is 13.8. The number of carbonyl (C=O) groups excluding carboxylic acids is 1. The molecule has 1 heterocycles. The second-order valence-electron chi connectivity index (χ2n) is 4.77. The number of nitrogens with two attached hydrogens (primary N) is 2. The average molecular weight is 294 g/mol. The lowest BCUT2D eigenvalue weighted by Crippen LogP contribution is -2.10. The number of anilines is 2. The van der Waals surface area contributed by atoms with Crippen molar-refractivity contribution in [2.24, 2.45) is 0 Å². The van der Waals surface area contributed by atoms with Crippen LogP contribution in [0, 0.1) is 0 Å². The SMILES string of the molecule is COC(=O)c1nc(-c2ccc3cccc(N)c3c2)ncc1N. The highest BCUT2D eigenvalue weighted by Gasteiger charge is 2.15. The zero-order valence-electron chi connectivity index (χ0n) is 11.9. The molecule has 3 rings (SSSR count). The van der Waals surface area contributed by atoms with Crippen molar-refractivity contribution < 1.29 is 9.53 Å². The number of aromatic nitrogens is 2. The van der Waals surface area contributed by atoms with Gasteiger partial charge in [-0.25, -0.2) is 14.8 Å². The zero-order chi connectivity index (χ0) is 15.7. The fraction of sp³-hybridized carbons (Fsp3) is 0.0625. The lowest BCUT2D eigenvalue weighted by atomic mass is 10.0. The van der Waals surface area contributed by atoms with Crippen LogP contribution in [0.1, 0.15) is 10.5 Å². The van der Waals surface area contributed by atoms with Crippen LogP contribution in [0.15, 0.2) is 42.6 Å². The molecule has 0 aliphatic rings. The minimum Gasteiger partial charge on any atom is -0.464 e. The Morgan fingerprint density at radius 2 is 1.95 bits per heavy atom. The number of hydrogen-bond donors (Lipinski definition) is 2. The van der Waals surface area contributed by atoms with Crippen LogP contribution in [-0.2, 0) is 4.74 Å². The summed E-state index contributed by atoms with van der Waals surface area (Å²) in [6.07, 6.45) is 1.40. The molecule has 0 atom stereocenters. The van der Waals surface area contributed by atoms with Crippen molar-refractivity contribution in [3.05, 3.63) is 48.3 Å². The van der Waals surface area contributed by atoms with E-state index in [1.807, 2.05) is 36.4 Å². The van der Waals surface area contributed by atoms with Crippen molar-refractivity contribution in [1.29, 1.82) is 0 Å². The summed E-state index contributed by atoms with van der Waals surface area (Å²) in [5.41, 5.74) is 13.3. The molecular weight excluding hydrogens is 280 g/mol. The van der Waals surface area contributed by atoms with E-state index in [1.54, 1.807) is 0 Å². The summed E-state index contributed by atoms with van der Waals surface area (Å²) >= 11 is 0. The van der Waals surface area contributed by atoms with Crippen LogP contribution < -0.4 is 11.5 Å². The van der Waals surface area contributed by atoms with Crippen LogP contribution in [0.3, 0.4) is 0 Å². The van der Waals surface area contributed by atoms with Gasteiger partial charge >= 0.3 is 5.97 Å². The number of carbonyl (C=O) groups is 1. The molecule has 0 saturated carbocycles. The molecule has 0 amide bonds. The molecule has 0 aliphatic heterocycles. The molecule has 22 heavy (non-hydrogen) atoms. The van der Waals surface area contributed by atoms with Crippen LogP contribution in [0.5, 0.6) is 0 Å². The molecule has 0 bridgehead atoms. The van der Waals surface area contributed by atoms with E-state index in [0.29, 0.717) is 11.5 Å². The molecular formula is C16H14N4O2. The van der Waals surface area contributed by atoms with Crippen molar-refractivity contribution in [1.82, 2.24) is 9.97 Å². The molecule has 0 radical (unpaired) electrons. The molecule has 0 spiro atoms. The Morgan fingerprint density at radius 3 is 2.73 bits per heavy atom. The van der Waals surface area contributed by atoms with Gasteiger partial charge in [-0.2, -0.15) is 0 Å². The monoisotopic (exact) mass is 294 g/mol. The maximum Gasteiger partial charge on any atom is 0.358 e. The van der Waals surface area contributed by atoms with Crippen LogP contribution in [0.25, 0.3) is 22.2 Å². The topological polar surface area (TPSA) is 104 Å². The fourth-order valence-electron chi connectivity index (χ4n) is 2.23. The van der Waals surface area contributed by atoms with Crippen LogP contribution in [0.4, 0.5) is 11.4 Å². The Morgan fingerprint density at radius 1 is 1.14 bits per heavy atom. The quantitative estimate of drug-likeness (QED) is 0.555. The predicted octanol–water partition coefficient (Wildman–Crippen LogP) is 2.25. The Kier molecular flexibility index (Phi) is 3.34. The Balaban J connectivity index is 2.15. The van der Waals surface area contributed by atoms with Crippen molar-refractivity contribution in [2.75, 3.05) is 18.6 Å². The number of fused-ring (bicyclic) bond motifs is 1. The van der Waals surface area contributed by atoms with E-state index in [2.05, 4.69) is 14.7 Å². The molecule has 3 aromatic rings. The molecule has 6 heteroatoms. The van der Waals surface area contributed by atoms with Gasteiger partial charge in [0.15, 0.2) is 11.5 Å². The predicted molar refractivity (Wildman–Crippen MR) is 85.1 cm³/mol. The van der Waals surface area contributed by atoms with E-state index >= 15 is 0 Å². The van der Waals surface area contributed by atoms with Gasteiger partial charge in [-0.05, 0) is 17.5 Å². The van der Waals surface area contributed by atoms with E-state index < -0.39 is 5.97 Å². The normalized spacial score (nSPS) is 10.6. The largest absolute Gasteiger partial charge is 0.464 e. The highest BCUT2D eigenvalue weighted by Crippen LogP contribution is 2.26. The highest BCUT2D eigenvalue weighted by molar-refractivity contribution is 5.96. The van der Waals surface area contributed by atoms with Gasteiger partial charge in [-0.1, -0.05) is 24.3 Å². The molecule has 4 N–H and O–H groups in total. The molecule has 0 saturated heterocycles. The first-order valence-corrected chi connectivity index (χ1v) is 6.59. The van der Waals surface area contributed by atoms with Crippen molar-refractivity contribution in [3.63, 3.8) is 0 Å². The summed E-state index contributed by atoms with van der Waals surface area (Å²) in [7, 11) is 1.28. The third-order valence-electron chi connectivity index (χ3n) is 3.37. The van der Waals surface area contributed by atoms with Gasteiger partial charge in [0.25, 0.3) is 0 Å². The number of methoxy groups -OCH3 is 1. The highest BCUT2D eigenvalue weighted by atomic mass is 16.5. The summed E-state index contributed by atoms with van der Waals surface area (Å²) in [5, 5.41) is 1.92. The Hall–Kier alpha value is -3.15. The number of esters is 1. The molecule has 2 aromatic carbocycles. The average Bonchev–Trinajstić information content (AvgIpc) is 2.55. The maximum absolute atomic E-state index is 11.7. The van der Waals surface area contributed by atoms with Gasteiger partial charge in [0, 0.05) is 16.6 Å². The first-order chi connectivity index (χ1) is 10.6. The standard InChI is InChI=1S/C16H14N4O2/c1-22-16(21)14-13(18)8-19-15(20-14)10-6-5-9-3-2-4-12(17)11(9)7-10/h2-8H,17-18H2,1H3. The fourth-order valence-corrected chi connectivity index (χ4v) is 2.23. The van der Waals surface area contributed by atoms with E-state index in [1.165, 1.54) is 13.3 Å². The maximum atomic E-state index is 11.7. The van der Waals surface area contributed by atoms with Crippen LogP contribution in [0.2, 0.25) is 0 Å². The van der Waals surface area contributed by atoms with E-state index in [4.69, 9.17) is 11.5 Å². The van der Waals surface area contributed by atoms with Crippen molar-refractivity contribution >= 4 is 28.1 Å². The number of hydrogen-bond acceptors (Lipinski definition) is 6. The molecule has 0 unspecified atom stereocenters. The van der Waals surface area contributed by atoms with Gasteiger partial charge in [0.05, 0.1) is 19.0 Å². The summed E-state index contributed by atoms with van der Waals surface area (Å²) < 4.78 is 4.67. The van der Waals surface area contributed by atoms with Gasteiger partial charge in [-0.3, -0.25) is 0 Å². The Labute approximate surface area is 126 Å². The number of nitrogen functional groups attached to an aromatic ring is 2. The van der Waals surface area contributed by atoms with Crippen LogP contribution in [-0.4, -0.2) is 23.0 Å². The van der Waals surface area contributed by atoms with E-state index in [0.717, 1.165) is 16.3 Å². The number of ether oxygens (including phenoxy) is 1. The summed E-state index contributed by atoms with van der Waals surface area (Å²) in [4.78, 5) is 20.0. The Bertz CT molecular complexity index is 877. The molecule has 110 valence electrons. The number of benzene rings is 2. The van der Waals surface area contributed by atoms with E-state index in [-0.39, 0.29) is 11.4 Å². The molecule has 0 aliphatic carbocycles. The van der Waals surface area contributed by atoms with Crippen LogP contribution >= 0.6 is 0 Å². The second-order valence-corrected chi connectivity index (χ2v) is 4.77.